The van der Waals surface area contributed by atoms with Gasteiger partial charge < -0.3 is 9.84 Å². The number of rotatable bonds is 14. The van der Waals surface area contributed by atoms with E-state index in [4.69, 9.17) is 4.74 Å². The maximum atomic E-state index is 9.25. The van der Waals surface area contributed by atoms with E-state index >= 15 is 0 Å². The molecule has 130 valence electrons. The minimum Gasteiger partial charge on any atom is -0.508 e. The van der Waals surface area contributed by atoms with E-state index in [0.29, 0.717) is 11.9 Å². The number of aromatic hydroxyl groups is 1. The number of ether oxygens (including phenoxy) is 1. The van der Waals surface area contributed by atoms with Gasteiger partial charge in [-0.25, -0.2) is 0 Å². The Labute approximate surface area is 142 Å². The van der Waals surface area contributed by atoms with Crippen molar-refractivity contribution in [2.75, 3.05) is 6.61 Å². The minimum absolute atomic E-state index is 0.366. The Kier molecular flexibility index (Phi) is 9.16. The summed E-state index contributed by atoms with van der Waals surface area (Å²) in [5.41, 5.74) is 1.34. The number of phenolic OH excluding ortho intramolecular Hbond substituents is 1. The van der Waals surface area contributed by atoms with Crippen molar-refractivity contribution in [3.05, 3.63) is 29.8 Å². The molecule has 1 N–H and O–H groups in total. The van der Waals surface area contributed by atoms with E-state index in [-0.39, 0.29) is 0 Å². The van der Waals surface area contributed by atoms with E-state index in [1.807, 2.05) is 12.1 Å². The highest BCUT2D eigenvalue weighted by Crippen LogP contribution is 2.18. The SMILES string of the molecule is Oc1ccc(CCCCCCCCCCCCCC2CO2)cc1. The molecule has 0 aromatic heterocycles. The van der Waals surface area contributed by atoms with E-state index < -0.39 is 0 Å². The third kappa shape index (κ3) is 9.65. The summed E-state index contributed by atoms with van der Waals surface area (Å²) in [6.07, 6.45) is 18.3. The van der Waals surface area contributed by atoms with Crippen LogP contribution < -0.4 is 0 Å². The number of hydrogen-bond acceptors (Lipinski definition) is 2. The van der Waals surface area contributed by atoms with E-state index in [1.54, 1.807) is 12.1 Å². The molecule has 1 aliphatic heterocycles. The Bertz CT molecular complexity index is 395. The maximum absolute atomic E-state index is 9.25. The molecule has 0 radical (unpaired) electrons. The molecule has 0 bridgehead atoms. The lowest BCUT2D eigenvalue weighted by molar-refractivity contribution is 0.387. The normalized spacial score (nSPS) is 16.6. The maximum Gasteiger partial charge on any atom is 0.115 e. The third-order valence-electron chi connectivity index (χ3n) is 4.83. The Morgan fingerprint density at radius 2 is 1.22 bits per heavy atom. The summed E-state index contributed by atoms with van der Waals surface area (Å²) in [6, 6.07) is 7.64. The van der Waals surface area contributed by atoms with Crippen LogP contribution in [0.2, 0.25) is 0 Å². The molecule has 1 atom stereocenters. The fraction of sp³-hybridized carbons (Fsp3) is 0.714. The first-order valence-electron chi connectivity index (χ1n) is 9.74. The minimum atomic E-state index is 0.366. The topological polar surface area (TPSA) is 32.8 Å². The average Bonchev–Trinajstić information content (AvgIpc) is 3.38. The Morgan fingerprint density at radius 3 is 1.74 bits per heavy atom. The van der Waals surface area contributed by atoms with Crippen LogP contribution in [0.25, 0.3) is 0 Å². The van der Waals surface area contributed by atoms with E-state index in [9.17, 15) is 5.11 Å². The van der Waals surface area contributed by atoms with Crippen LogP contribution in [-0.4, -0.2) is 17.8 Å². The van der Waals surface area contributed by atoms with Crippen molar-refractivity contribution in [1.82, 2.24) is 0 Å². The van der Waals surface area contributed by atoms with Gasteiger partial charge in [0, 0.05) is 0 Å². The molecule has 2 rings (SSSR count). The highest BCUT2D eigenvalue weighted by molar-refractivity contribution is 5.25. The van der Waals surface area contributed by atoms with Gasteiger partial charge in [0.05, 0.1) is 12.7 Å². The zero-order valence-electron chi connectivity index (χ0n) is 14.6. The Hall–Kier alpha value is -1.02. The molecule has 1 heterocycles. The second-order valence-corrected chi connectivity index (χ2v) is 7.05. The lowest BCUT2D eigenvalue weighted by Gasteiger charge is -2.04. The smallest absolute Gasteiger partial charge is 0.115 e. The van der Waals surface area contributed by atoms with Crippen LogP contribution in [0.15, 0.2) is 24.3 Å². The van der Waals surface area contributed by atoms with E-state index in [0.717, 1.165) is 13.0 Å². The standard InChI is InChI=1S/C21H34O2/c22-20-16-14-19(15-17-20)12-10-8-6-4-2-1-3-5-7-9-11-13-21-18-23-21/h14-17,21-22H,1-13,18H2. The molecule has 0 aliphatic carbocycles. The largest absolute Gasteiger partial charge is 0.508 e. The Morgan fingerprint density at radius 1 is 0.739 bits per heavy atom. The second-order valence-electron chi connectivity index (χ2n) is 7.05. The van der Waals surface area contributed by atoms with Gasteiger partial charge in [0.1, 0.15) is 5.75 Å². The fourth-order valence-electron chi connectivity index (χ4n) is 3.19. The van der Waals surface area contributed by atoms with Crippen LogP contribution in [-0.2, 0) is 11.2 Å². The predicted molar refractivity (Wildman–Crippen MR) is 97.0 cm³/mol. The van der Waals surface area contributed by atoms with Gasteiger partial charge in [0.25, 0.3) is 0 Å². The zero-order chi connectivity index (χ0) is 16.2. The van der Waals surface area contributed by atoms with Gasteiger partial charge in [-0.3, -0.25) is 0 Å². The van der Waals surface area contributed by atoms with Gasteiger partial charge >= 0.3 is 0 Å². The first kappa shape index (κ1) is 18.3. The van der Waals surface area contributed by atoms with Crippen molar-refractivity contribution >= 4 is 0 Å². The molecule has 1 saturated heterocycles. The molecular weight excluding hydrogens is 284 g/mol. The van der Waals surface area contributed by atoms with Crippen molar-refractivity contribution in [1.29, 1.82) is 0 Å². The number of unbranched alkanes of at least 4 members (excludes halogenated alkanes) is 10. The van der Waals surface area contributed by atoms with Crippen LogP contribution in [0, 0.1) is 0 Å². The highest BCUT2D eigenvalue weighted by atomic mass is 16.6. The number of phenols is 1. The summed E-state index contributed by atoms with van der Waals surface area (Å²) in [5, 5.41) is 9.25. The molecule has 23 heavy (non-hydrogen) atoms. The first-order valence-corrected chi connectivity index (χ1v) is 9.74. The average molecular weight is 319 g/mol. The van der Waals surface area contributed by atoms with Gasteiger partial charge in [0.15, 0.2) is 0 Å². The second kappa shape index (κ2) is 11.5. The van der Waals surface area contributed by atoms with Gasteiger partial charge in [-0.15, -0.1) is 0 Å². The summed E-state index contributed by atoms with van der Waals surface area (Å²) >= 11 is 0. The van der Waals surface area contributed by atoms with E-state index in [2.05, 4.69) is 0 Å². The summed E-state index contributed by atoms with van der Waals surface area (Å²) in [4.78, 5) is 0. The monoisotopic (exact) mass is 318 g/mol. The van der Waals surface area contributed by atoms with Crippen LogP contribution in [0.3, 0.4) is 0 Å². The fourth-order valence-corrected chi connectivity index (χ4v) is 3.19. The van der Waals surface area contributed by atoms with Gasteiger partial charge in [-0.1, -0.05) is 76.3 Å². The molecule has 2 heteroatoms. The summed E-state index contributed by atoms with van der Waals surface area (Å²) in [6.45, 7) is 1.02. The molecule has 1 fully saturated rings. The summed E-state index contributed by atoms with van der Waals surface area (Å²) < 4.78 is 5.23. The van der Waals surface area contributed by atoms with Gasteiger partial charge in [-0.05, 0) is 37.0 Å². The van der Waals surface area contributed by atoms with Crippen LogP contribution in [0.1, 0.15) is 82.6 Å². The molecule has 0 saturated carbocycles. The van der Waals surface area contributed by atoms with Gasteiger partial charge in [0.2, 0.25) is 0 Å². The molecule has 0 spiro atoms. The molecule has 0 amide bonds. The molecule has 1 unspecified atom stereocenters. The van der Waals surface area contributed by atoms with Crippen molar-refractivity contribution in [3.63, 3.8) is 0 Å². The van der Waals surface area contributed by atoms with Crippen molar-refractivity contribution < 1.29 is 9.84 Å². The summed E-state index contributed by atoms with van der Waals surface area (Å²) in [7, 11) is 0. The lowest BCUT2D eigenvalue weighted by Crippen LogP contribution is -1.87. The summed E-state index contributed by atoms with van der Waals surface area (Å²) in [5.74, 6) is 0.366. The quantitative estimate of drug-likeness (QED) is 0.336. The molecule has 1 aromatic rings. The number of hydrogen-bond donors (Lipinski definition) is 1. The highest BCUT2D eigenvalue weighted by Gasteiger charge is 2.20. The zero-order valence-corrected chi connectivity index (χ0v) is 14.6. The Balaban J connectivity index is 1.28. The predicted octanol–water partition coefficient (Wildman–Crippen LogP) is 6.01. The third-order valence-corrected chi connectivity index (χ3v) is 4.83. The molecular formula is C21H34O2. The number of benzene rings is 1. The molecule has 1 aromatic carbocycles. The number of aryl methyl sites for hydroxylation is 1. The molecule has 1 aliphatic rings. The number of epoxide rings is 1. The molecule has 2 nitrogen and oxygen atoms in total. The van der Waals surface area contributed by atoms with Crippen molar-refractivity contribution in [2.24, 2.45) is 0 Å². The van der Waals surface area contributed by atoms with Gasteiger partial charge in [-0.2, -0.15) is 0 Å². The van der Waals surface area contributed by atoms with Crippen LogP contribution >= 0.6 is 0 Å². The van der Waals surface area contributed by atoms with E-state index in [1.165, 1.54) is 82.6 Å². The van der Waals surface area contributed by atoms with Crippen molar-refractivity contribution in [2.45, 2.75) is 89.6 Å². The van der Waals surface area contributed by atoms with Crippen LogP contribution in [0.5, 0.6) is 5.75 Å². The van der Waals surface area contributed by atoms with Crippen molar-refractivity contribution in [3.8, 4) is 5.75 Å². The first-order chi connectivity index (χ1) is 11.3. The lowest BCUT2D eigenvalue weighted by atomic mass is 10.0. The van der Waals surface area contributed by atoms with Crippen LogP contribution in [0.4, 0.5) is 0 Å².